The molecule has 2 N–H and O–H groups in total. The van der Waals surface area contributed by atoms with Crippen molar-refractivity contribution in [3.8, 4) is 0 Å². The second-order valence-electron chi connectivity index (χ2n) is 5.37. The third kappa shape index (κ3) is 3.26. The van der Waals surface area contributed by atoms with Gasteiger partial charge >= 0.3 is 6.18 Å². The molecule has 0 heterocycles. The van der Waals surface area contributed by atoms with E-state index in [-0.39, 0.29) is 5.56 Å². The summed E-state index contributed by atoms with van der Waals surface area (Å²) in [6.45, 7) is 6.26. The molecule has 0 aromatic heterocycles. The molecule has 2 nitrogen and oxygen atoms in total. The van der Waals surface area contributed by atoms with Crippen molar-refractivity contribution in [2.24, 2.45) is 0 Å². The highest BCUT2D eigenvalue weighted by molar-refractivity contribution is 6.69. The van der Waals surface area contributed by atoms with Gasteiger partial charge in [-0.2, -0.15) is 13.2 Å². The number of hydrogen-bond acceptors (Lipinski definition) is 2. The van der Waals surface area contributed by atoms with Crippen molar-refractivity contribution in [2.45, 2.75) is 38.3 Å². The second kappa shape index (κ2) is 4.58. The Bertz CT molecular complexity index is 411. The van der Waals surface area contributed by atoms with Gasteiger partial charge in [0.05, 0.1) is 0 Å². The zero-order chi connectivity index (χ0) is 14.2. The minimum absolute atomic E-state index is 0.0756. The zero-order valence-electron chi connectivity index (χ0n) is 10.9. The van der Waals surface area contributed by atoms with Gasteiger partial charge in [0.25, 0.3) is 0 Å². The van der Waals surface area contributed by atoms with E-state index >= 15 is 0 Å². The summed E-state index contributed by atoms with van der Waals surface area (Å²) < 4.78 is 45.2. The molecule has 0 aliphatic heterocycles. The van der Waals surface area contributed by atoms with Gasteiger partial charge in [0, 0.05) is 5.69 Å². The zero-order valence-corrected chi connectivity index (χ0v) is 11.9. The van der Waals surface area contributed by atoms with Crippen LogP contribution in [0.2, 0.25) is 19.6 Å². The molecule has 0 fully saturated rings. The molecule has 18 heavy (non-hydrogen) atoms. The van der Waals surface area contributed by atoms with Gasteiger partial charge in [-0.25, -0.2) is 0 Å². The highest BCUT2D eigenvalue weighted by Crippen LogP contribution is 2.43. The number of anilines is 1. The Hall–Kier alpha value is -1.01. The summed E-state index contributed by atoms with van der Waals surface area (Å²) in [5, 5.41) is 0. The van der Waals surface area contributed by atoms with Crippen molar-refractivity contribution in [3.05, 3.63) is 29.8 Å². The lowest BCUT2D eigenvalue weighted by atomic mass is 9.95. The van der Waals surface area contributed by atoms with E-state index < -0.39 is 20.1 Å². The van der Waals surface area contributed by atoms with Crippen molar-refractivity contribution in [1.29, 1.82) is 0 Å². The molecule has 0 aliphatic carbocycles. The molecule has 0 amide bonds. The fourth-order valence-electron chi connectivity index (χ4n) is 1.69. The summed E-state index contributed by atoms with van der Waals surface area (Å²) in [5.74, 6) is 0. The first kappa shape index (κ1) is 15.0. The fraction of sp³-hybridized carbons (Fsp3) is 0.500. The molecule has 0 aliphatic rings. The molecule has 1 rings (SSSR count). The van der Waals surface area contributed by atoms with Crippen LogP contribution in [-0.2, 0) is 10.0 Å². The van der Waals surface area contributed by atoms with Crippen molar-refractivity contribution < 1.29 is 17.6 Å². The molecule has 0 bridgehead atoms. The summed E-state index contributed by atoms with van der Waals surface area (Å²) >= 11 is 0. The quantitative estimate of drug-likeness (QED) is 0.672. The number of halogens is 3. The van der Waals surface area contributed by atoms with Crippen LogP contribution >= 0.6 is 0 Å². The van der Waals surface area contributed by atoms with Crippen LogP contribution in [0.5, 0.6) is 0 Å². The van der Waals surface area contributed by atoms with E-state index in [4.69, 9.17) is 10.2 Å². The van der Waals surface area contributed by atoms with Crippen LogP contribution in [0.3, 0.4) is 0 Å². The maximum absolute atomic E-state index is 13.3. The van der Waals surface area contributed by atoms with Gasteiger partial charge in [-0.3, -0.25) is 0 Å². The number of nitrogen functional groups attached to an aromatic ring is 1. The van der Waals surface area contributed by atoms with Gasteiger partial charge in [-0.05, 0) is 44.3 Å². The van der Waals surface area contributed by atoms with Crippen molar-refractivity contribution in [3.63, 3.8) is 0 Å². The molecule has 0 saturated heterocycles. The van der Waals surface area contributed by atoms with E-state index in [1.165, 1.54) is 24.3 Å². The van der Waals surface area contributed by atoms with Gasteiger partial charge in [0.2, 0.25) is 0 Å². The molecule has 0 radical (unpaired) electrons. The van der Waals surface area contributed by atoms with Crippen molar-refractivity contribution >= 4 is 14.0 Å². The predicted octanol–water partition coefficient (Wildman–Crippen LogP) is 3.90. The van der Waals surface area contributed by atoms with E-state index in [2.05, 4.69) is 0 Å². The van der Waals surface area contributed by atoms with Crippen LogP contribution in [0.25, 0.3) is 0 Å². The molecule has 102 valence electrons. The molecular weight excluding hydrogens is 259 g/mol. The Morgan fingerprint density at radius 3 is 1.83 bits per heavy atom. The maximum atomic E-state index is 13.3. The Morgan fingerprint density at radius 2 is 1.50 bits per heavy atom. The van der Waals surface area contributed by atoms with Crippen LogP contribution in [0.1, 0.15) is 12.5 Å². The van der Waals surface area contributed by atoms with Crippen LogP contribution < -0.4 is 5.73 Å². The minimum atomic E-state index is -4.47. The first-order valence-corrected chi connectivity index (χ1v) is 8.99. The van der Waals surface area contributed by atoms with Gasteiger partial charge in [-0.1, -0.05) is 12.1 Å². The van der Waals surface area contributed by atoms with E-state index in [0.717, 1.165) is 6.92 Å². The lowest BCUT2D eigenvalue weighted by Crippen LogP contribution is -2.48. The molecule has 1 aromatic rings. The fourth-order valence-corrected chi connectivity index (χ4v) is 3.15. The average Bonchev–Trinajstić information content (AvgIpc) is 2.13. The Balaban J connectivity index is 3.25. The highest BCUT2D eigenvalue weighted by atomic mass is 28.4. The topological polar surface area (TPSA) is 35.2 Å². The number of hydrogen-bond donors (Lipinski definition) is 1. The average molecular weight is 277 g/mol. The SMILES string of the molecule is C[C@@](O[Si](C)(C)C)(c1ccc(N)cc1)C(F)(F)F. The number of benzene rings is 1. The summed E-state index contributed by atoms with van der Waals surface area (Å²) in [5.41, 5.74) is 3.71. The molecular formula is C12H18F3NOSi. The molecule has 0 spiro atoms. The first-order chi connectivity index (χ1) is 7.96. The minimum Gasteiger partial charge on any atom is -0.401 e. The van der Waals surface area contributed by atoms with Gasteiger partial charge in [-0.15, -0.1) is 0 Å². The van der Waals surface area contributed by atoms with Crippen LogP contribution in [0, 0.1) is 0 Å². The monoisotopic (exact) mass is 277 g/mol. The van der Waals surface area contributed by atoms with E-state index in [9.17, 15) is 13.2 Å². The first-order valence-electron chi connectivity index (χ1n) is 5.59. The molecule has 6 heteroatoms. The molecule has 1 atom stereocenters. The standard InChI is InChI=1S/C12H18F3NOSi/c1-11(12(13,14)15,17-18(2,3)4)9-5-7-10(16)8-6-9/h5-8H,16H2,1-4H3/t11-/m1/s1. The summed E-state index contributed by atoms with van der Waals surface area (Å²) in [7, 11) is -2.35. The second-order valence-corrected chi connectivity index (χ2v) is 9.80. The Morgan fingerprint density at radius 1 is 1.06 bits per heavy atom. The maximum Gasteiger partial charge on any atom is 0.420 e. The van der Waals surface area contributed by atoms with Crippen LogP contribution in [0.4, 0.5) is 18.9 Å². The molecule has 0 saturated carbocycles. The molecule has 0 unspecified atom stereocenters. The van der Waals surface area contributed by atoms with Crippen LogP contribution in [0.15, 0.2) is 24.3 Å². The molecule has 1 aromatic carbocycles. The van der Waals surface area contributed by atoms with Gasteiger partial charge in [0.1, 0.15) is 0 Å². The van der Waals surface area contributed by atoms with Gasteiger partial charge < -0.3 is 10.2 Å². The van der Waals surface area contributed by atoms with E-state index in [1.807, 2.05) is 0 Å². The lowest BCUT2D eigenvalue weighted by molar-refractivity contribution is -0.250. The van der Waals surface area contributed by atoms with Crippen molar-refractivity contribution in [2.75, 3.05) is 5.73 Å². The smallest absolute Gasteiger partial charge is 0.401 e. The Kier molecular flexibility index (Phi) is 3.83. The largest absolute Gasteiger partial charge is 0.420 e. The normalized spacial score (nSPS) is 16.4. The summed E-state index contributed by atoms with van der Waals surface area (Å²) in [6, 6.07) is 5.63. The summed E-state index contributed by atoms with van der Waals surface area (Å²) in [6.07, 6.45) is -4.47. The van der Waals surface area contributed by atoms with Gasteiger partial charge in [0.15, 0.2) is 13.9 Å². The Labute approximate surface area is 106 Å². The third-order valence-electron chi connectivity index (χ3n) is 2.51. The van der Waals surface area contributed by atoms with E-state index in [0.29, 0.717) is 5.69 Å². The number of rotatable bonds is 3. The van der Waals surface area contributed by atoms with E-state index in [1.54, 1.807) is 19.6 Å². The predicted molar refractivity (Wildman–Crippen MR) is 68.7 cm³/mol. The highest BCUT2D eigenvalue weighted by Gasteiger charge is 2.55. The number of alkyl halides is 3. The third-order valence-corrected chi connectivity index (χ3v) is 3.53. The van der Waals surface area contributed by atoms with Crippen LogP contribution in [-0.4, -0.2) is 14.5 Å². The lowest BCUT2D eigenvalue weighted by Gasteiger charge is -2.38. The van der Waals surface area contributed by atoms with Crippen molar-refractivity contribution in [1.82, 2.24) is 0 Å². The number of nitrogens with two attached hydrogens (primary N) is 1. The summed E-state index contributed by atoms with van der Waals surface area (Å²) in [4.78, 5) is 0.